The van der Waals surface area contributed by atoms with Crippen LogP contribution in [0.15, 0.2) is 12.1 Å². The molecular weight excluding hydrogens is 282 g/mol. The van der Waals surface area contributed by atoms with Crippen LogP contribution in [0.3, 0.4) is 0 Å². The predicted molar refractivity (Wildman–Crippen MR) is 84.7 cm³/mol. The number of ether oxygens (including phenoxy) is 2. The third kappa shape index (κ3) is 3.19. The van der Waals surface area contributed by atoms with E-state index in [9.17, 15) is 4.79 Å². The number of carboxylic acids is 1. The number of hydrogen-bond donors (Lipinski definition) is 2. The first-order chi connectivity index (χ1) is 10.3. The third-order valence-corrected chi connectivity index (χ3v) is 4.22. The molecular formula is C17H25NO4. The van der Waals surface area contributed by atoms with Gasteiger partial charge in [-0.1, -0.05) is 20.8 Å². The van der Waals surface area contributed by atoms with Gasteiger partial charge in [-0.25, -0.2) is 0 Å². The molecule has 1 heterocycles. The second-order valence-electron chi connectivity index (χ2n) is 6.78. The van der Waals surface area contributed by atoms with Gasteiger partial charge in [-0.2, -0.15) is 0 Å². The lowest BCUT2D eigenvalue weighted by molar-refractivity contribution is -0.141. The fourth-order valence-electron chi connectivity index (χ4n) is 2.94. The van der Waals surface area contributed by atoms with Crippen LogP contribution in [0, 0.1) is 5.92 Å². The number of nitrogens with one attached hydrogen (secondary N) is 1. The molecule has 0 saturated carbocycles. The van der Waals surface area contributed by atoms with E-state index >= 15 is 0 Å². The van der Waals surface area contributed by atoms with Gasteiger partial charge in [0.15, 0.2) is 0 Å². The lowest BCUT2D eigenvalue weighted by atomic mass is 9.84. The van der Waals surface area contributed by atoms with E-state index in [0.717, 1.165) is 22.6 Å². The Bertz CT molecular complexity index is 563. The van der Waals surface area contributed by atoms with Crippen molar-refractivity contribution in [2.45, 2.75) is 38.6 Å². The maximum absolute atomic E-state index is 11.1. The van der Waals surface area contributed by atoms with Gasteiger partial charge in [-0.05, 0) is 24.0 Å². The van der Waals surface area contributed by atoms with E-state index in [0.29, 0.717) is 13.0 Å². The van der Waals surface area contributed by atoms with E-state index in [4.69, 9.17) is 14.6 Å². The van der Waals surface area contributed by atoms with Crippen molar-refractivity contribution in [1.82, 2.24) is 5.32 Å². The highest BCUT2D eigenvalue weighted by atomic mass is 16.5. The molecule has 0 amide bonds. The van der Waals surface area contributed by atoms with Crippen LogP contribution in [0.4, 0.5) is 0 Å². The number of benzene rings is 1. The number of carbonyl (C=O) groups is 1. The molecule has 22 heavy (non-hydrogen) atoms. The first kappa shape index (κ1) is 16.6. The summed E-state index contributed by atoms with van der Waals surface area (Å²) in [6.07, 6.45) is 0.559. The Morgan fingerprint density at radius 1 is 1.23 bits per heavy atom. The summed E-state index contributed by atoms with van der Waals surface area (Å²) in [5, 5.41) is 12.4. The Hall–Kier alpha value is -1.75. The fraction of sp³-hybridized carbons (Fsp3) is 0.588. The van der Waals surface area contributed by atoms with E-state index in [1.54, 1.807) is 14.2 Å². The molecule has 0 spiro atoms. The number of carboxylic acid groups (broad SMARTS) is 1. The molecule has 1 aliphatic heterocycles. The molecule has 2 atom stereocenters. The number of aliphatic carboxylic acids is 1. The van der Waals surface area contributed by atoms with Crippen molar-refractivity contribution in [3.05, 3.63) is 23.3 Å². The largest absolute Gasteiger partial charge is 0.496 e. The Labute approximate surface area is 131 Å². The Morgan fingerprint density at radius 3 is 2.32 bits per heavy atom. The molecule has 0 bridgehead atoms. The highest BCUT2D eigenvalue weighted by Crippen LogP contribution is 2.41. The summed E-state index contributed by atoms with van der Waals surface area (Å²) in [4.78, 5) is 11.1. The number of rotatable bonds is 4. The molecule has 0 aliphatic carbocycles. The van der Waals surface area contributed by atoms with E-state index < -0.39 is 5.97 Å². The standard InChI is InChI=1S/C17H25NO4/c1-17(2,3)12-8-14(21-4)11(7-15(12)22-5)13-6-10(9-18-13)16(19)20/h7-8,10,13,18H,6,9H2,1-5H3,(H,19,20). The number of methoxy groups -OCH3 is 2. The molecule has 2 rings (SSSR count). The maximum atomic E-state index is 11.1. The average Bonchev–Trinajstić information content (AvgIpc) is 2.94. The first-order valence-corrected chi connectivity index (χ1v) is 7.50. The fourth-order valence-corrected chi connectivity index (χ4v) is 2.94. The normalized spacial score (nSPS) is 21.7. The Kier molecular flexibility index (Phi) is 4.66. The minimum Gasteiger partial charge on any atom is -0.496 e. The van der Waals surface area contributed by atoms with Crippen molar-refractivity contribution in [3.63, 3.8) is 0 Å². The van der Waals surface area contributed by atoms with Crippen LogP contribution in [0.1, 0.15) is 44.4 Å². The second-order valence-corrected chi connectivity index (χ2v) is 6.78. The minimum absolute atomic E-state index is 0.0287. The zero-order valence-corrected chi connectivity index (χ0v) is 13.9. The van der Waals surface area contributed by atoms with Crippen LogP contribution in [-0.2, 0) is 10.2 Å². The molecule has 2 unspecified atom stereocenters. The van der Waals surface area contributed by atoms with Crippen LogP contribution < -0.4 is 14.8 Å². The van der Waals surface area contributed by atoms with Crippen molar-refractivity contribution in [3.8, 4) is 11.5 Å². The van der Waals surface area contributed by atoms with Gasteiger partial charge in [0.2, 0.25) is 0 Å². The zero-order chi connectivity index (χ0) is 16.5. The summed E-state index contributed by atoms with van der Waals surface area (Å²) in [5.41, 5.74) is 1.96. The number of hydrogen-bond acceptors (Lipinski definition) is 4. The van der Waals surface area contributed by atoms with Crippen molar-refractivity contribution in [1.29, 1.82) is 0 Å². The van der Waals surface area contributed by atoms with Gasteiger partial charge in [0.1, 0.15) is 11.5 Å². The van der Waals surface area contributed by atoms with Crippen LogP contribution in [0.2, 0.25) is 0 Å². The molecule has 1 aromatic carbocycles. The van der Waals surface area contributed by atoms with E-state index in [2.05, 4.69) is 26.1 Å². The molecule has 1 aromatic rings. The van der Waals surface area contributed by atoms with E-state index in [1.807, 2.05) is 12.1 Å². The van der Waals surface area contributed by atoms with Crippen LogP contribution in [0.5, 0.6) is 11.5 Å². The Balaban J connectivity index is 2.42. The predicted octanol–water partition coefficient (Wildman–Crippen LogP) is 2.74. The molecule has 0 radical (unpaired) electrons. The van der Waals surface area contributed by atoms with Gasteiger partial charge in [0, 0.05) is 23.7 Å². The molecule has 1 saturated heterocycles. The van der Waals surface area contributed by atoms with E-state index in [1.165, 1.54) is 0 Å². The highest BCUT2D eigenvalue weighted by Gasteiger charge is 2.33. The van der Waals surface area contributed by atoms with Gasteiger partial charge >= 0.3 is 5.97 Å². The molecule has 0 aromatic heterocycles. The van der Waals surface area contributed by atoms with Crippen molar-refractivity contribution < 1.29 is 19.4 Å². The summed E-state index contributed by atoms with van der Waals surface area (Å²) in [7, 11) is 3.30. The van der Waals surface area contributed by atoms with Gasteiger partial charge < -0.3 is 19.9 Å². The van der Waals surface area contributed by atoms with Gasteiger partial charge in [-0.15, -0.1) is 0 Å². The molecule has 1 aliphatic rings. The first-order valence-electron chi connectivity index (χ1n) is 7.50. The topological polar surface area (TPSA) is 67.8 Å². The summed E-state index contributed by atoms with van der Waals surface area (Å²) in [6, 6.07) is 3.95. The van der Waals surface area contributed by atoms with Crippen molar-refractivity contribution >= 4 is 5.97 Å². The molecule has 1 fully saturated rings. The van der Waals surface area contributed by atoms with Crippen molar-refractivity contribution in [2.24, 2.45) is 5.92 Å². The lowest BCUT2D eigenvalue weighted by Crippen LogP contribution is -2.18. The maximum Gasteiger partial charge on any atom is 0.307 e. The molecule has 5 nitrogen and oxygen atoms in total. The smallest absolute Gasteiger partial charge is 0.307 e. The van der Waals surface area contributed by atoms with Crippen LogP contribution in [0.25, 0.3) is 0 Å². The van der Waals surface area contributed by atoms with Crippen LogP contribution >= 0.6 is 0 Å². The molecule has 5 heteroatoms. The summed E-state index contributed by atoms with van der Waals surface area (Å²) >= 11 is 0. The van der Waals surface area contributed by atoms with E-state index in [-0.39, 0.29) is 17.4 Å². The average molecular weight is 307 g/mol. The Morgan fingerprint density at radius 2 is 1.86 bits per heavy atom. The minimum atomic E-state index is -0.757. The van der Waals surface area contributed by atoms with Crippen LogP contribution in [-0.4, -0.2) is 31.8 Å². The van der Waals surface area contributed by atoms with Crippen molar-refractivity contribution in [2.75, 3.05) is 20.8 Å². The second kappa shape index (κ2) is 6.16. The highest BCUT2D eigenvalue weighted by molar-refractivity contribution is 5.71. The quantitative estimate of drug-likeness (QED) is 0.895. The summed E-state index contributed by atoms with van der Waals surface area (Å²) in [5.74, 6) is 0.466. The zero-order valence-electron chi connectivity index (χ0n) is 13.9. The summed E-state index contributed by atoms with van der Waals surface area (Å²) in [6.45, 7) is 6.85. The van der Waals surface area contributed by atoms with Gasteiger partial charge in [0.05, 0.1) is 20.1 Å². The SMILES string of the molecule is COc1cc(C(C)(C)C)c(OC)cc1C1CC(C(=O)O)CN1. The molecule has 122 valence electrons. The lowest BCUT2D eigenvalue weighted by Gasteiger charge is -2.25. The monoisotopic (exact) mass is 307 g/mol. The van der Waals surface area contributed by atoms with Gasteiger partial charge in [0.25, 0.3) is 0 Å². The molecule has 2 N–H and O–H groups in total. The third-order valence-electron chi connectivity index (χ3n) is 4.22. The summed E-state index contributed by atoms with van der Waals surface area (Å²) < 4.78 is 11.1. The van der Waals surface area contributed by atoms with Gasteiger partial charge in [-0.3, -0.25) is 4.79 Å².